The number of hydrogen-bond donors (Lipinski definition) is 7. The number of aliphatic hydroxyl groups excluding tert-OH is 1. The Hall–Kier alpha value is -1.85. The summed E-state index contributed by atoms with van der Waals surface area (Å²) in [5.74, 6) is -3.02. The number of nitrogens with one attached hydrogen (secondary N) is 4. The Morgan fingerprint density at radius 1 is 1.07 bits per heavy atom. The number of carboxylic acids is 1. The molecule has 160 valence electrons. The van der Waals surface area contributed by atoms with E-state index in [1.807, 2.05) is 13.8 Å². The summed E-state index contributed by atoms with van der Waals surface area (Å²) in [4.78, 5) is 48.1. The molecule has 0 aromatic carbocycles. The average molecular weight is 419 g/mol. The summed E-state index contributed by atoms with van der Waals surface area (Å²) in [6, 6.07) is -3.84. The van der Waals surface area contributed by atoms with Gasteiger partial charge in [-0.3, -0.25) is 14.4 Å². The second-order valence-corrected chi connectivity index (χ2v) is 7.53. The number of carboxylic acid groups (broad SMARTS) is 1. The molecule has 0 bridgehead atoms. The summed E-state index contributed by atoms with van der Waals surface area (Å²) in [5, 5.41) is 28.9. The standard InChI is InChI=1S/C17H30N4O6S/c1-9(2)6-11(17(26)27)19-15(24)12(7-22)20-16(25)13(8-28)21-14(23)10-4-3-5-18-10/h9-13,18,22,28H,3-8H2,1-2H3,(H,19,24)(H,20,25)(H,21,23)(H,26,27). The van der Waals surface area contributed by atoms with Gasteiger partial charge in [-0.2, -0.15) is 12.6 Å². The molecule has 1 aliphatic heterocycles. The van der Waals surface area contributed by atoms with Gasteiger partial charge < -0.3 is 31.5 Å². The van der Waals surface area contributed by atoms with E-state index in [0.717, 1.165) is 13.0 Å². The Kier molecular flexibility index (Phi) is 10.3. The molecule has 1 fully saturated rings. The highest BCUT2D eigenvalue weighted by Crippen LogP contribution is 2.06. The van der Waals surface area contributed by atoms with Crippen molar-refractivity contribution in [2.24, 2.45) is 5.92 Å². The SMILES string of the molecule is CC(C)CC(NC(=O)C(CO)NC(=O)C(CS)NC(=O)C1CCCN1)C(=O)O. The number of aliphatic hydroxyl groups is 1. The van der Waals surface area contributed by atoms with Crippen LogP contribution in [0.15, 0.2) is 0 Å². The summed E-state index contributed by atoms with van der Waals surface area (Å²) >= 11 is 4.06. The predicted octanol–water partition coefficient (Wildman–Crippen LogP) is -1.75. The van der Waals surface area contributed by atoms with Crippen molar-refractivity contribution in [3.8, 4) is 0 Å². The largest absolute Gasteiger partial charge is 0.480 e. The second kappa shape index (κ2) is 11.9. The summed E-state index contributed by atoms with van der Waals surface area (Å²) in [6.07, 6.45) is 1.74. The van der Waals surface area contributed by atoms with Crippen LogP contribution in [0, 0.1) is 5.92 Å². The molecule has 1 aliphatic rings. The Labute approximate surface area is 169 Å². The molecule has 4 unspecified atom stereocenters. The van der Waals surface area contributed by atoms with Gasteiger partial charge in [0.2, 0.25) is 17.7 Å². The van der Waals surface area contributed by atoms with Crippen molar-refractivity contribution in [3.63, 3.8) is 0 Å². The maximum absolute atomic E-state index is 12.4. The van der Waals surface area contributed by atoms with Crippen LogP contribution in [-0.2, 0) is 19.2 Å². The highest BCUT2D eigenvalue weighted by molar-refractivity contribution is 7.80. The van der Waals surface area contributed by atoms with Crippen LogP contribution in [0.5, 0.6) is 0 Å². The molecule has 0 aliphatic carbocycles. The fourth-order valence-electron chi connectivity index (χ4n) is 2.81. The molecule has 10 nitrogen and oxygen atoms in total. The average Bonchev–Trinajstić information content (AvgIpc) is 3.17. The molecule has 1 saturated heterocycles. The van der Waals surface area contributed by atoms with Crippen molar-refractivity contribution in [1.29, 1.82) is 0 Å². The number of hydrogen-bond acceptors (Lipinski definition) is 7. The molecule has 11 heteroatoms. The van der Waals surface area contributed by atoms with E-state index in [-0.39, 0.29) is 30.0 Å². The number of rotatable bonds is 11. The molecule has 1 rings (SSSR count). The van der Waals surface area contributed by atoms with Gasteiger partial charge in [0.15, 0.2) is 0 Å². The van der Waals surface area contributed by atoms with Gasteiger partial charge in [-0.15, -0.1) is 0 Å². The lowest BCUT2D eigenvalue weighted by Crippen LogP contribution is -2.58. The molecule has 3 amide bonds. The van der Waals surface area contributed by atoms with Gasteiger partial charge in [-0.25, -0.2) is 4.79 Å². The molecule has 28 heavy (non-hydrogen) atoms. The molecular formula is C17H30N4O6S. The van der Waals surface area contributed by atoms with Gasteiger partial charge in [-0.1, -0.05) is 13.8 Å². The number of carbonyl (C=O) groups excluding carboxylic acids is 3. The minimum Gasteiger partial charge on any atom is -0.480 e. The predicted molar refractivity (Wildman–Crippen MR) is 105 cm³/mol. The Bertz CT molecular complexity index is 568. The first kappa shape index (κ1) is 24.2. The van der Waals surface area contributed by atoms with E-state index in [1.54, 1.807) is 0 Å². The fourth-order valence-corrected chi connectivity index (χ4v) is 3.06. The smallest absolute Gasteiger partial charge is 0.326 e. The minimum atomic E-state index is -1.34. The van der Waals surface area contributed by atoms with E-state index < -0.39 is 42.5 Å². The molecule has 0 aromatic heterocycles. The van der Waals surface area contributed by atoms with Gasteiger partial charge in [0, 0.05) is 5.75 Å². The van der Waals surface area contributed by atoms with E-state index in [9.17, 15) is 29.4 Å². The molecule has 4 atom stereocenters. The molecule has 0 spiro atoms. The maximum atomic E-state index is 12.4. The first-order chi connectivity index (χ1) is 13.2. The van der Waals surface area contributed by atoms with Crippen molar-refractivity contribution >= 4 is 36.3 Å². The Morgan fingerprint density at radius 3 is 2.14 bits per heavy atom. The maximum Gasteiger partial charge on any atom is 0.326 e. The van der Waals surface area contributed by atoms with E-state index in [2.05, 4.69) is 33.9 Å². The van der Waals surface area contributed by atoms with Crippen LogP contribution in [-0.4, -0.2) is 77.0 Å². The van der Waals surface area contributed by atoms with Gasteiger partial charge in [0.25, 0.3) is 0 Å². The molecule has 1 heterocycles. The number of aliphatic carboxylic acids is 1. The normalized spacial score (nSPS) is 19.5. The zero-order chi connectivity index (χ0) is 21.3. The summed E-state index contributed by atoms with van der Waals surface area (Å²) in [6.45, 7) is 3.63. The summed E-state index contributed by atoms with van der Waals surface area (Å²) < 4.78 is 0. The van der Waals surface area contributed by atoms with Crippen LogP contribution in [0.25, 0.3) is 0 Å². The van der Waals surface area contributed by atoms with E-state index in [0.29, 0.717) is 6.42 Å². The first-order valence-corrected chi connectivity index (χ1v) is 9.91. The zero-order valence-electron chi connectivity index (χ0n) is 16.1. The van der Waals surface area contributed by atoms with Crippen molar-refractivity contribution < 1.29 is 29.4 Å². The fraction of sp³-hybridized carbons (Fsp3) is 0.765. The van der Waals surface area contributed by atoms with E-state index >= 15 is 0 Å². The summed E-state index contributed by atoms with van der Waals surface area (Å²) in [7, 11) is 0. The minimum absolute atomic E-state index is 0.00480. The first-order valence-electron chi connectivity index (χ1n) is 9.28. The Balaban J connectivity index is 2.66. The molecule has 0 saturated carbocycles. The zero-order valence-corrected chi connectivity index (χ0v) is 17.0. The van der Waals surface area contributed by atoms with Crippen LogP contribution in [0.3, 0.4) is 0 Å². The lowest BCUT2D eigenvalue weighted by molar-refractivity contribution is -0.143. The van der Waals surface area contributed by atoms with Crippen molar-refractivity contribution in [1.82, 2.24) is 21.3 Å². The van der Waals surface area contributed by atoms with Crippen molar-refractivity contribution in [3.05, 3.63) is 0 Å². The van der Waals surface area contributed by atoms with E-state index in [1.165, 1.54) is 0 Å². The van der Waals surface area contributed by atoms with Gasteiger partial charge >= 0.3 is 5.97 Å². The number of amides is 3. The second-order valence-electron chi connectivity index (χ2n) is 7.17. The Morgan fingerprint density at radius 2 is 1.68 bits per heavy atom. The van der Waals surface area contributed by atoms with Gasteiger partial charge in [0.1, 0.15) is 18.1 Å². The monoisotopic (exact) mass is 418 g/mol. The van der Waals surface area contributed by atoms with Crippen LogP contribution in [0.4, 0.5) is 0 Å². The topological polar surface area (TPSA) is 157 Å². The van der Waals surface area contributed by atoms with Crippen molar-refractivity contribution in [2.45, 2.75) is 57.3 Å². The molecular weight excluding hydrogens is 388 g/mol. The lowest BCUT2D eigenvalue weighted by Gasteiger charge is -2.24. The van der Waals surface area contributed by atoms with Crippen LogP contribution in [0.1, 0.15) is 33.1 Å². The molecule has 6 N–H and O–H groups in total. The van der Waals surface area contributed by atoms with E-state index in [4.69, 9.17) is 0 Å². The molecule has 0 radical (unpaired) electrons. The quantitative estimate of drug-likeness (QED) is 0.196. The van der Waals surface area contributed by atoms with Gasteiger partial charge in [0.05, 0.1) is 12.6 Å². The van der Waals surface area contributed by atoms with Crippen LogP contribution >= 0.6 is 12.6 Å². The third-order valence-corrected chi connectivity index (χ3v) is 4.69. The number of thiol groups is 1. The third kappa shape index (κ3) is 7.64. The van der Waals surface area contributed by atoms with Crippen molar-refractivity contribution in [2.75, 3.05) is 18.9 Å². The highest BCUT2D eigenvalue weighted by atomic mass is 32.1. The third-order valence-electron chi connectivity index (χ3n) is 4.33. The summed E-state index contributed by atoms with van der Waals surface area (Å²) in [5.41, 5.74) is 0. The number of carbonyl (C=O) groups is 4. The highest BCUT2D eigenvalue weighted by Gasteiger charge is 2.30. The molecule has 0 aromatic rings. The van der Waals surface area contributed by atoms with Crippen LogP contribution in [0.2, 0.25) is 0 Å². The van der Waals surface area contributed by atoms with Gasteiger partial charge in [-0.05, 0) is 31.7 Å². The lowest BCUT2D eigenvalue weighted by atomic mass is 10.0. The van der Waals surface area contributed by atoms with Crippen LogP contribution < -0.4 is 21.3 Å².